The van der Waals surface area contributed by atoms with Crippen LogP contribution in [0.4, 0.5) is 14.5 Å². The Morgan fingerprint density at radius 3 is 2.53 bits per heavy atom. The SMILES string of the molecule is CCCC(=O)NCCCCCCCCC(=O)N1CCC(n2cc(NC(=O)c3n[nH]c4c3CC3C(F)(F)C3(C)C4)cn2)CC1. The Balaban J connectivity index is 0.980. The molecule has 2 atom stereocenters. The van der Waals surface area contributed by atoms with Gasteiger partial charge in [-0.15, -0.1) is 0 Å². The molecule has 0 radical (unpaired) electrons. The van der Waals surface area contributed by atoms with Crippen LogP contribution in [0.2, 0.25) is 0 Å². The first-order valence-corrected chi connectivity index (χ1v) is 16.0. The number of piperidine rings is 1. The maximum Gasteiger partial charge on any atom is 0.276 e. The standard InChI is InChI=1S/C31H45F2N7O3/c1-3-10-26(41)34-14-9-7-5-4-6-8-11-27(42)39-15-12-22(13-16-39)40-20-21(19-35-40)36-29(43)28-23-17-25-30(2,31(25,32)33)18-24(23)37-38-28/h19-20,22,25H,3-18H2,1-2H3,(H,34,41)(H,36,43)(H,37,38). The lowest BCUT2D eigenvalue weighted by atomic mass is 9.87. The topological polar surface area (TPSA) is 125 Å². The molecular weight excluding hydrogens is 556 g/mol. The van der Waals surface area contributed by atoms with Crippen LogP contribution in [0.1, 0.15) is 112 Å². The van der Waals surface area contributed by atoms with Gasteiger partial charge in [-0.2, -0.15) is 10.2 Å². The van der Waals surface area contributed by atoms with Crippen molar-refractivity contribution in [3.8, 4) is 0 Å². The fraction of sp³-hybridized carbons (Fsp3) is 0.710. The summed E-state index contributed by atoms with van der Waals surface area (Å²) in [6.45, 7) is 5.71. The van der Waals surface area contributed by atoms with Crippen molar-refractivity contribution in [2.24, 2.45) is 11.3 Å². The zero-order valence-corrected chi connectivity index (χ0v) is 25.4. The van der Waals surface area contributed by atoms with Gasteiger partial charge in [-0.05, 0) is 38.5 Å². The summed E-state index contributed by atoms with van der Waals surface area (Å²) in [4.78, 5) is 39.1. The Bertz CT molecular complexity index is 1300. The molecule has 236 valence electrons. The number of alkyl halides is 2. The highest BCUT2D eigenvalue weighted by Gasteiger charge is 2.78. The van der Waals surface area contributed by atoms with Crippen LogP contribution in [0.25, 0.3) is 0 Å². The van der Waals surface area contributed by atoms with Gasteiger partial charge in [-0.3, -0.25) is 24.2 Å². The molecule has 3 aliphatic rings. The summed E-state index contributed by atoms with van der Waals surface area (Å²) in [6, 6.07) is 0.134. The summed E-state index contributed by atoms with van der Waals surface area (Å²) < 4.78 is 30.3. The van der Waals surface area contributed by atoms with Crippen LogP contribution in [-0.2, 0) is 22.4 Å². The van der Waals surface area contributed by atoms with Gasteiger partial charge in [0.15, 0.2) is 5.69 Å². The molecule has 3 N–H and O–H groups in total. The third kappa shape index (κ3) is 6.77. The first-order chi connectivity index (χ1) is 20.6. The molecule has 12 heteroatoms. The fourth-order valence-corrected chi connectivity index (χ4v) is 6.78. The number of unbranched alkanes of at least 4 members (excludes halogenated alkanes) is 5. The number of amides is 3. The summed E-state index contributed by atoms with van der Waals surface area (Å²) >= 11 is 0. The second-order valence-corrected chi connectivity index (χ2v) is 12.7. The average Bonchev–Trinajstić information content (AvgIpc) is 3.41. The molecule has 43 heavy (non-hydrogen) atoms. The number of nitrogens with one attached hydrogen (secondary N) is 3. The third-order valence-corrected chi connectivity index (χ3v) is 9.67. The summed E-state index contributed by atoms with van der Waals surface area (Å²) in [5, 5.41) is 17.2. The van der Waals surface area contributed by atoms with Crippen LogP contribution < -0.4 is 10.6 Å². The van der Waals surface area contributed by atoms with Crippen LogP contribution in [0.3, 0.4) is 0 Å². The van der Waals surface area contributed by atoms with E-state index in [-0.39, 0.29) is 36.4 Å². The van der Waals surface area contributed by atoms with Crippen molar-refractivity contribution < 1.29 is 23.2 Å². The first kappa shape index (κ1) is 31.1. The van der Waals surface area contributed by atoms with Crippen LogP contribution >= 0.6 is 0 Å². The number of hydrogen-bond acceptors (Lipinski definition) is 5. The first-order valence-electron chi connectivity index (χ1n) is 16.0. The van der Waals surface area contributed by atoms with Gasteiger partial charge in [-0.1, -0.05) is 39.5 Å². The Kier molecular flexibility index (Phi) is 9.51. The molecule has 0 aromatic carbocycles. The number of fused-ring (bicyclic) bond motifs is 2. The molecule has 2 fully saturated rings. The van der Waals surface area contributed by atoms with Gasteiger partial charge in [0.05, 0.1) is 17.9 Å². The van der Waals surface area contributed by atoms with Crippen molar-refractivity contribution in [2.45, 2.75) is 109 Å². The van der Waals surface area contributed by atoms with E-state index in [9.17, 15) is 23.2 Å². The number of carbonyl (C=O) groups is 3. The quantitative estimate of drug-likeness (QED) is 0.262. The average molecular weight is 602 g/mol. The van der Waals surface area contributed by atoms with Gasteiger partial charge in [-0.25, -0.2) is 8.78 Å². The predicted molar refractivity (Wildman–Crippen MR) is 158 cm³/mol. The number of aromatic nitrogens is 4. The predicted octanol–water partition coefficient (Wildman–Crippen LogP) is 5.04. The molecule has 3 amide bonds. The lowest BCUT2D eigenvalue weighted by Crippen LogP contribution is -2.39. The Labute approximate surface area is 251 Å². The Morgan fingerprint density at radius 2 is 1.79 bits per heavy atom. The molecule has 3 heterocycles. The molecule has 10 nitrogen and oxygen atoms in total. The van der Waals surface area contributed by atoms with Gasteiger partial charge >= 0.3 is 0 Å². The normalized spacial score (nSPS) is 22.5. The van der Waals surface area contributed by atoms with E-state index in [0.717, 1.165) is 64.3 Å². The second-order valence-electron chi connectivity index (χ2n) is 12.7. The number of aromatic amines is 1. The molecule has 2 aliphatic carbocycles. The highest BCUT2D eigenvalue weighted by Crippen LogP contribution is 2.70. The molecule has 2 aromatic rings. The second kappa shape index (κ2) is 13.1. The van der Waals surface area contributed by atoms with E-state index in [1.807, 2.05) is 16.5 Å². The highest BCUT2D eigenvalue weighted by atomic mass is 19.3. The van der Waals surface area contributed by atoms with Gasteiger partial charge < -0.3 is 15.5 Å². The minimum atomic E-state index is -2.71. The van der Waals surface area contributed by atoms with Crippen LogP contribution in [0.15, 0.2) is 12.4 Å². The number of nitrogens with zero attached hydrogens (tertiary/aromatic N) is 4. The van der Waals surface area contributed by atoms with Crippen molar-refractivity contribution in [1.82, 2.24) is 30.2 Å². The number of carbonyl (C=O) groups excluding carboxylic acids is 3. The maximum absolute atomic E-state index is 14.2. The lowest BCUT2D eigenvalue weighted by molar-refractivity contribution is -0.132. The maximum atomic E-state index is 14.2. The van der Waals surface area contributed by atoms with Crippen molar-refractivity contribution >= 4 is 23.4 Å². The molecule has 1 aliphatic heterocycles. The van der Waals surface area contributed by atoms with E-state index in [1.54, 1.807) is 19.3 Å². The van der Waals surface area contributed by atoms with E-state index in [4.69, 9.17) is 0 Å². The van der Waals surface area contributed by atoms with Crippen LogP contribution in [-0.4, -0.2) is 68.2 Å². The molecule has 0 bridgehead atoms. The van der Waals surface area contributed by atoms with E-state index in [1.165, 1.54) is 0 Å². The zero-order valence-electron chi connectivity index (χ0n) is 25.4. The number of H-pyrrole nitrogens is 1. The van der Waals surface area contributed by atoms with Crippen LogP contribution in [0, 0.1) is 11.3 Å². The highest BCUT2D eigenvalue weighted by molar-refractivity contribution is 6.04. The monoisotopic (exact) mass is 601 g/mol. The minimum absolute atomic E-state index is 0.134. The van der Waals surface area contributed by atoms with E-state index in [2.05, 4.69) is 25.9 Å². The molecule has 5 rings (SSSR count). The van der Waals surface area contributed by atoms with Gasteiger partial charge in [0.25, 0.3) is 11.8 Å². The fourth-order valence-electron chi connectivity index (χ4n) is 6.78. The number of anilines is 1. The number of rotatable bonds is 14. The summed E-state index contributed by atoms with van der Waals surface area (Å²) in [6.07, 6.45) is 13.6. The van der Waals surface area contributed by atoms with Crippen molar-refractivity contribution in [1.29, 1.82) is 0 Å². The number of halogens is 2. The smallest absolute Gasteiger partial charge is 0.276 e. The number of hydrogen-bond donors (Lipinski definition) is 3. The summed E-state index contributed by atoms with van der Waals surface area (Å²) in [5.41, 5.74) is 0.869. The third-order valence-electron chi connectivity index (χ3n) is 9.67. The minimum Gasteiger partial charge on any atom is -0.356 e. The molecule has 2 aromatic heterocycles. The van der Waals surface area contributed by atoms with Crippen molar-refractivity contribution in [3.05, 3.63) is 29.3 Å². The molecule has 1 saturated carbocycles. The van der Waals surface area contributed by atoms with E-state index >= 15 is 0 Å². The molecular formula is C31H45F2N7O3. The Hall–Kier alpha value is -3.31. The number of likely N-dealkylation sites (tertiary alicyclic amines) is 1. The largest absolute Gasteiger partial charge is 0.356 e. The van der Waals surface area contributed by atoms with Crippen LogP contribution in [0.5, 0.6) is 0 Å². The zero-order chi connectivity index (χ0) is 30.6. The van der Waals surface area contributed by atoms with E-state index in [0.29, 0.717) is 42.9 Å². The van der Waals surface area contributed by atoms with Gasteiger partial charge in [0, 0.05) is 67.7 Å². The van der Waals surface area contributed by atoms with Gasteiger partial charge in [0.2, 0.25) is 11.8 Å². The lowest BCUT2D eigenvalue weighted by Gasteiger charge is -2.32. The van der Waals surface area contributed by atoms with Crippen molar-refractivity contribution in [3.63, 3.8) is 0 Å². The summed E-state index contributed by atoms with van der Waals surface area (Å²) in [5.74, 6) is -3.54. The molecule has 1 saturated heterocycles. The Morgan fingerprint density at radius 1 is 1.07 bits per heavy atom. The van der Waals surface area contributed by atoms with Gasteiger partial charge in [0.1, 0.15) is 0 Å². The van der Waals surface area contributed by atoms with E-state index < -0.39 is 23.2 Å². The summed E-state index contributed by atoms with van der Waals surface area (Å²) in [7, 11) is 0. The van der Waals surface area contributed by atoms with Crippen molar-refractivity contribution in [2.75, 3.05) is 25.0 Å². The molecule has 0 spiro atoms. The molecule has 2 unspecified atom stereocenters.